The van der Waals surface area contributed by atoms with Crippen LogP contribution in [0.3, 0.4) is 0 Å². The quantitative estimate of drug-likeness (QED) is 0.464. The molecule has 0 saturated carbocycles. The molecule has 8 nitrogen and oxygen atoms in total. The van der Waals surface area contributed by atoms with Gasteiger partial charge in [-0.1, -0.05) is 22.9 Å². The van der Waals surface area contributed by atoms with Gasteiger partial charge >= 0.3 is 5.97 Å². The van der Waals surface area contributed by atoms with Crippen LogP contribution >= 0.6 is 24.4 Å². The predicted molar refractivity (Wildman–Crippen MR) is 92.7 cm³/mol. The van der Waals surface area contributed by atoms with Crippen LogP contribution in [0.5, 0.6) is 0 Å². The van der Waals surface area contributed by atoms with Crippen LogP contribution in [-0.4, -0.2) is 35.6 Å². The van der Waals surface area contributed by atoms with E-state index in [4.69, 9.17) is 5.11 Å². The van der Waals surface area contributed by atoms with Crippen LogP contribution in [0, 0.1) is 6.92 Å². The fraction of sp³-hybridized carbons (Fsp3) is 0.308. The molecule has 1 heterocycles. The topological polar surface area (TPSA) is 122 Å². The molecule has 2 rings (SSSR count). The maximum absolute atomic E-state index is 12.4. The molecule has 130 valence electrons. The van der Waals surface area contributed by atoms with Crippen molar-refractivity contribution < 1.29 is 22.9 Å². The summed E-state index contributed by atoms with van der Waals surface area (Å²) in [5.41, 5.74) is 1.12. The van der Waals surface area contributed by atoms with E-state index in [0.29, 0.717) is 5.75 Å². The Morgan fingerprint density at radius 2 is 2.04 bits per heavy atom. The number of aliphatic carboxylic acids is 1. The maximum atomic E-state index is 12.4. The zero-order valence-corrected chi connectivity index (χ0v) is 15.1. The minimum atomic E-state index is -3.84. The molecular formula is C13H15N3O5S3. The summed E-state index contributed by atoms with van der Waals surface area (Å²) < 4.78 is 31.0. The number of anilines is 1. The van der Waals surface area contributed by atoms with Crippen molar-refractivity contribution in [2.75, 3.05) is 10.5 Å². The summed E-state index contributed by atoms with van der Waals surface area (Å²) >= 11 is 5.47. The number of nitrogens with one attached hydrogen (secondary N) is 1. The number of rotatable bonds is 8. The van der Waals surface area contributed by atoms with Gasteiger partial charge in [0.25, 0.3) is 10.0 Å². The van der Waals surface area contributed by atoms with Crippen molar-refractivity contribution in [3.05, 3.63) is 35.5 Å². The van der Waals surface area contributed by atoms with Crippen LogP contribution in [0.1, 0.15) is 22.3 Å². The highest BCUT2D eigenvalue weighted by atomic mass is 32.2. The Morgan fingerprint density at radius 1 is 1.38 bits per heavy atom. The number of thioether (sulfide) groups is 1. The molecular weight excluding hydrogens is 374 g/mol. The highest BCUT2D eigenvalue weighted by Gasteiger charge is 2.23. The Bertz CT molecular complexity index is 805. The molecule has 0 aliphatic rings. The number of benzene rings is 1. The average Bonchev–Trinajstić information content (AvgIpc) is 2.94. The molecule has 0 aliphatic carbocycles. The Kier molecular flexibility index (Phi) is 6.13. The van der Waals surface area contributed by atoms with Gasteiger partial charge in [-0.25, -0.2) is 13.0 Å². The lowest BCUT2D eigenvalue weighted by molar-refractivity contribution is -0.136. The summed E-state index contributed by atoms with van der Waals surface area (Å²) in [6, 6.07) is 6.31. The minimum Gasteiger partial charge on any atom is -0.481 e. The summed E-state index contributed by atoms with van der Waals surface area (Å²) in [4.78, 5) is 10.6. The molecule has 0 radical (unpaired) electrons. The number of thiol groups is 1. The molecule has 0 saturated heterocycles. The number of aromatic nitrogens is 2. The van der Waals surface area contributed by atoms with Crippen molar-refractivity contribution in [1.29, 1.82) is 0 Å². The molecule has 2 N–H and O–H groups in total. The number of sulfonamides is 1. The zero-order valence-electron chi connectivity index (χ0n) is 12.5. The normalized spacial score (nSPS) is 12.8. The molecule has 0 fully saturated rings. The Labute approximate surface area is 148 Å². The van der Waals surface area contributed by atoms with E-state index in [0.717, 1.165) is 5.56 Å². The van der Waals surface area contributed by atoms with Crippen LogP contribution < -0.4 is 4.72 Å². The molecule has 1 aromatic heterocycles. The van der Waals surface area contributed by atoms with Crippen LogP contribution in [0.2, 0.25) is 0 Å². The third-order valence-electron chi connectivity index (χ3n) is 2.90. The van der Waals surface area contributed by atoms with Crippen LogP contribution in [0.25, 0.3) is 0 Å². The van der Waals surface area contributed by atoms with Gasteiger partial charge in [0.2, 0.25) is 5.82 Å². The van der Waals surface area contributed by atoms with E-state index in [1.807, 2.05) is 6.92 Å². The van der Waals surface area contributed by atoms with Gasteiger partial charge in [0, 0.05) is 5.75 Å². The lowest BCUT2D eigenvalue weighted by Gasteiger charge is -2.09. The highest BCUT2D eigenvalue weighted by Crippen LogP contribution is 2.35. The average molecular weight is 389 g/mol. The lowest BCUT2D eigenvalue weighted by Crippen LogP contribution is -2.14. The van der Waals surface area contributed by atoms with Crippen molar-refractivity contribution in [1.82, 2.24) is 10.3 Å². The fourth-order valence-corrected chi connectivity index (χ4v) is 3.99. The maximum Gasteiger partial charge on any atom is 0.304 e. The van der Waals surface area contributed by atoms with E-state index in [9.17, 15) is 13.2 Å². The summed E-state index contributed by atoms with van der Waals surface area (Å²) in [5, 5.41) is 15.8. The second-order valence-electron chi connectivity index (χ2n) is 4.78. The standard InChI is InChI=1S/C13H15N3O5S3/c1-8-2-4-9(5-3-8)24(19,20)16-12-11(14-21-15-12)13(22)23-7-6-10(17)18/h2-5,13,22H,6-7H2,1H3,(H,15,16)(H,17,18). The van der Waals surface area contributed by atoms with E-state index in [1.165, 1.54) is 23.9 Å². The largest absolute Gasteiger partial charge is 0.481 e. The number of carbonyl (C=O) groups is 1. The van der Waals surface area contributed by atoms with Gasteiger partial charge in [-0.3, -0.25) is 9.52 Å². The first-order chi connectivity index (χ1) is 11.3. The first-order valence-electron chi connectivity index (χ1n) is 6.73. The summed E-state index contributed by atoms with van der Waals surface area (Å²) in [6.45, 7) is 1.85. The van der Waals surface area contributed by atoms with E-state index in [-0.39, 0.29) is 22.8 Å². The predicted octanol–water partition coefficient (Wildman–Crippen LogP) is 2.32. The fourth-order valence-electron chi connectivity index (χ4n) is 1.67. The van der Waals surface area contributed by atoms with Gasteiger partial charge in [0.1, 0.15) is 0 Å². The summed E-state index contributed by atoms with van der Waals surface area (Å²) in [6.07, 6.45) is -0.0442. The molecule has 2 aromatic rings. The number of carboxylic acid groups (broad SMARTS) is 1. The molecule has 0 aliphatic heterocycles. The highest BCUT2D eigenvalue weighted by molar-refractivity contribution is 8.09. The van der Waals surface area contributed by atoms with Gasteiger partial charge in [0.05, 0.1) is 15.9 Å². The van der Waals surface area contributed by atoms with Crippen LogP contribution in [0.15, 0.2) is 33.8 Å². The van der Waals surface area contributed by atoms with Crippen LogP contribution in [-0.2, 0) is 14.8 Å². The van der Waals surface area contributed by atoms with Crippen molar-refractivity contribution >= 4 is 46.2 Å². The Morgan fingerprint density at radius 3 is 2.67 bits per heavy atom. The zero-order chi connectivity index (χ0) is 17.7. The van der Waals surface area contributed by atoms with Gasteiger partial charge in [-0.2, -0.15) is 12.6 Å². The van der Waals surface area contributed by atoms with Crippen molar-refractivity contribution in [2.24, 2.45) is 0 Å². The number of nitrogens with zero attached hydrogens (tertiary/aromatic N) is 2. The Balaban J connectivity index is 2.12. The summed E-state index contributed by atoms with van der Waals surface area (Å²) in [7, 11) is -3.84. The van der Waals surface area contributed by atoms with Crippen molar-refractivity contribution in [3.8, 4) is 0 Å². The first-order valence-corrected chi connectivity index (χ1v) is 9.78. The van der Waals surface area contributed by atoms with Crippen molar-refractivity contribution in [2.45, 2.75) is 22.8 Å². The second-order valence-corrected chi connectivity index (χ2v) is 8.54. The number of hydrogen-bond donors (Lipinski definition) is 3. The third kappa shape index (κ3) is 4.89. The van der Waals surface area contributed by atoms with Gasteiger partial charge < -0.3 is 5.11 Å². The molecule has 0 spiro atoms. The van der Waals surface area contributed by atoms with Crippen molar-refractivity contribution in [3.63, 3.8) is 0 Å². The smallest absolute Gasteiger partial charge is 0.304 e. The number of hydrogen-bond acceptors (Lipinski definition) is 8. The second kappa shape index (κ2) is 7.90. The molecule has 0 amide bonds. The molecule has 0 bridgehead atoms. The minimum absolute atomic E-state index is 0.0442. The molecule has 1 unspecified atom stereocenters. The van der Waals surface area contributed by atoms with Gasteiger partial charge in [-0.15, -0.1) is 11.8 Å². The molecule has 1 aromatic carbocycles. The number of aryl methyl sites for hydroxylation is 1. The summed E-state index contributed by atoms with van der Waals surface area (Å²) in [5.74, 6) is -0.708. The van der Waals surface area contributed by atoms with E-state index in [2.05, 4.69) is 32.3 Å². The SMILES string of the molecule is Cc1ccc(S(=O)(=O)Nc2nonc2C(S)SCCC(=O)O)cc1. The first kappa shape index (κ1) is 18.6. The van der Waals surface area contributed by atoms with E-state index in [1.54, 1.807) is 12.1 Å². The van der Waals surface area contributed by atoms with Gasteiger partial charge in [-0.05, 0) is 24.2 Å². The van der Waals surface area contributed by atoms with Gasteiger partial charge in [0.15, 0.2) is 5.69 Å². The Hall–Kier alpha value is -1.72. The molecule has 1 atom stereocenters. The van der Waals surface area contributed by atoms with E-state index >= 15 is 0 Å². The van der Waals surface area contributed by atoms with Crippen LogP contribution in [0.4, 0.5) is 5.82 Å². The number of carboxylic acids is 1. The van der Waals surface area contributed by atoms with E-state index < -0.39 is 20.6 Å². The third-order valence-corrected chi connectivity index (χ3v) is 5.93. The molecule has 11 heteroatoms. The lowest BCUT2D eigenvalue weighted by atomic mass is 10.2. The molecule has 24 heavy (non-hydrogen) atoms. The monoisotopic (exact) mass is 389 g/mol.